The lowest BCUT2D eigenvalue weighted by Crippen LogP contribution is -2.33. The third kappa shape index (κ3) is 3.57. The van der Waals surface area contributed by atoms with Crippen LogP contribution >= 0.6 is 23.2 Å². The second-order valence-electron chi connectivity index (χ2n) is 6.68. The standard InChI is InChI=1S/C22H18Cl2FN3O2/c1-3-27(4-2)22(29)30-21-20-16-8-6-14(23)11-13(16)5-10-19(20)26-28(21)15-7-9-18(25)17(24)12-15/h5-12H,3-4H2,1-2H3. The first-order valence-corrected chi connectivity index (χ1v) is 10.2. The highest BCUT2D eigenvalue weighted by molar-refractivity contribution is 6.31. The molecular formula is C22H18Cl2FN3O2. The second-order valence-corrected chi connectivity index (χ2v) is 7.52. The van der Waals surface area contributed by atoms with Crippen molar-refractivity contribution in [2.24, 2.45) is 0 Å². The Labute approximate surface area is 182 Å². The van der Waals surface area contributed by atoms with E-state index < -0.39 is 11.9 Å². The van der Waals surface area contributed by atoms with E-state index in [1.54, 1.807) is 11.0 Å². The maximum atomic E-state index is 13.7. The number of hydrogen-bond donors (Lipinski definition) is 0. The molecule has 0 saturated carbocycles. The topological polar surface area (TPSA) is 47.4 Å². The number of ether oxygens (including phenoxy) is 1. The van der Waals surface area contributed by atoms with Gasteiger partial charge in [0, 0.05) is 18.1 Å². The van der Waals surface area contributed by atoms with Gasteiger partial charge in [-0.05, 0) is 61.0 Å². The van der Waals surface area contributed by atoms with Gasteiger partial charge in [0.1, 0.15) is 5.82 Å². The van der Waals surface area contributed by atoms with Crippen LogP contribution in [0.1, 0.15) is 13.8 Å². The van der Waals surface area contributed by atoms with Crippen LogP contribution in [0.4, 0.5) is 9.18 Å². The van der Waals surface area contributed by atoms with Gasteiger partial charge in [0.15, 0.2) is 0 Å². The summed E-state index contributed by atoms with van der Waals surface area (Å²) in [4.78, 5) is 14.3. The summed E-state index contributed by atoms with van der Waals surface area (Å²) >= 11 is 12.1. The molecule has 5 nitrogen and oxygen atoms in total. The zero-order valence-electron chi connectivity index (χ0n) is 16.3. The van der Waals surface area contributed by atoms with Crippen molar-refractivity contribution in [3.05, 3.63) is 64.4 Å². The van der Waals surface area contributed by atoms with E-state index in [0.717, 1.165) is 10.8 Å². The van der Waals surface area contributed by atoms with Crippen LogP contribution in [0, 0.1) is 5.82 Å². The van der Waals surface area contributed by atoms with Gasteiger partial charge in [-0.15, -0.1) is 0 Å². The van der Waals surface area contributed by atoms with E-state index in [2.05, 4.69) is 5.10 Å². The Morgan fingerprint density at radius 2 is 1.87 bits per heavy atom. The minimum Gasteiger partial charge on any atom is -0.390 e. The van der Waals surface area contributed by atoms with Gasteiger partial charge in [-0.2, -0.15) is 9.78 Å². The first kappa shape index (κ1) is 20.4. The molecule has 1 amide bonds. The van der Waals surface area contributed by atoms with E-state index in [0.29, 0.717) is 34.7 Å². The number of benzene rings is 3. The second kappa shape index (κ2) is 8.13. The van der Waals surface area contributed by atoms with Crippen molar-refractivity contribution in [1.29, 1.82) is 0 Å². The van der Waals surface area contributed by atoms with Gasteiger partial charge >= 0.3 is 6.09 Å². The predicted molar refractivity (Wildman–Crippen MR) is 117 cm³/mol. The Kier molecular flexibility index (Phi) is 5.54. The van der Waals surface area contributed by atoms with E-state index in [9.17, 15) is 9.18 Å². The number of hydrogen-bond acceptors (Lipinski definition) is 3. The van der Waals surface area contributed by atoms with Crippen molar-refractivity contribution in [2.45, 2.75) is 13.8 Å². The molecule has 0 unspecified atom stereocenters. The number of nitrogens with zero attached hydrogens (tertiary/aromatic N) is 3. The SMILES string of the molecule is CCN(CC)C(=O)Oc1c2c(ccc3cc(Cl)ccc32)nn1-c1ccc(F)c(Cl)c1. The summed E-state index contributed by atoms with van der Waals surface area (Å²) in [6.45, 7) is 4.74. The van der Waals surface area contributed by atoms with Gasteiger partial charge < -0.3 is 9.64 Å². The zero-order chi connectivity index (χ0) is 21.4. The van der Waals surface area contributed by atoms with Crippen molar-refractivity contribution >= 4 is 51.0 Å². The lowest BCUT2D eigenvalue weighted by Gasteiger charge is -2.18. The first-order valence-electron chi connectivity index (χ1n) is 9.46. The maximum Gasteiger partial charge on any atom is 0.416 e. The molecule has 3 aromatic carbocycles. The van der Waals surface area contributed by atoms with E-state index >= 15 is 0 Å². The average molecular weight is 446 g/mol. The third-order valence-corrected chi connectivity index (χ3v) is 5.45. The summed E-state index contributed by atoms with van der Waals surface area (Å²) in [6.07, 6.45) is -0.498. The van der Waals surface area contributed by atoms with Crippen molar-refractivity contribution in [2.75, 3.05) is 13.1 Å². The molecule has 154 valence electrons. The van der Waals surface area contributed by atoms with E-state index in [1.165, 1.54) is 22.9 Å². The quantitative estimate of drug-likeness (QED) is 0.361. The van der Waals surface area contributed by atoms with Gasteiger partial charge in [-0.25, -0.2) is 9.18 Å². The Balaban J connectivity index is 1.99. The molecule has 30 heavy (non-hydrogen) atoms. The molecule has 0 atom stereocenters. The van der Waals surface area contributed by atoms with Gasteiger partial charge in [0.05, 0.1) is 21.6 Å². The first-order chi connectivity index (χ1) is 14.4. The molecular weight excluding hydrogens is 428 g/mol. The monoisotopic (exact) mass is 445 g/mol. The minimum absolute atomic E-state index is 0.0512. The van der Waals surface area contributed by atoms with E-state index in [4.69, 9.17) is 27.9 Å². The highest BCUT2D eigenvalue weighted by Crippen LogP contribution is 2.36. The van der Waals surface area contributed by atoms with Gasteiger partial charge in [0.2, 0.25) is 5.88 Å². The summed E-state index contributed by atoms with van der Waals surface area (Å²) in [5.74, 6) is -0.309. The molecule has 0 spiro atoms. The van der Waals surface area contributed by atoms with E-state index in [-0.39, 0.29) is 10.9 Å². The number of carbonyl (C=O) groups is 1. The molecule has 0 aliphatic carbocycles. The van der Waals surface area contributed by atoms with Crippen LogP contribution in [0.2, 0.25) is 10.0 Å². The highest BCUT2D eigenvalue weighted by Gasteiger charge is 2.22. The van der Waals surface area contributed by atoms with Crippen LogP contribution in [-0.2, 0) is 0 Å². The van der Waals surface area contributed by atoms with Crippen molar-refractivity contribution < 1.29 is 13.9 Å². The molecule has 0 aliphatic rings. The highest BCUT2D eigenvalue weighted by atomic mass is 35.5. The number of fused-ring (bicyclic) bond motifs is 3. The maximum absolute atomic E-state index is 13.7. The number of amides is 1. The third-order valence-electron chi connectivity index (χ3n) is 4.93. The van der Waals surface area contributed by atoms with Crippen LogP contribution in [-0.4, -0.2) is 33.9 Å². The Bertz CT molecular complexity index is 1270. The molecule has 0 fully saturated rings. The number of aromatic nitrogens is 2. The summed E-state index contributed by atoms with van der Waals surface area (Å²) < 4.78 is 21.0. The number of halogens is 3. The fourth-order valence-electron chi connectivity index (χ4n) is 3.37. The van der Waals surface area contributed by atoms with Gasteiger partial charge in [0.25, 0.3) is 0 Å². The Morgan fingerprint density at radius 1 is 1.10 bits per heavy atom. The lowest BCUT2D eigenvalue weighted by molar-refractivity contribution is 0.155. The molecule has 1 aromatic heterocycles. The summed E-state index contributed by atoms with van der Waals surface area (Å²) in [7, 11) is 0. The van der Waals surface area contributed by atoms with E-state index in [1.807, 2.05) is 38.1 Å². The van der Waals surface area contributed by atoms with Crippen molar-refractivity contribution in [1.82, 2.24) is 14.7 Å². The molecule has 0 aliphatic heterocycles. The predicted octanol–water partition coefficient (Wildman–Crippen LogP) is 6.47. The summed E-state index contributed by atoms with van der Waals surface area (Å²) in [5.41, 5.74) is 1.09. The fourth-order valence-corrected chi connectivity index (χ4v) is 3.73. The zero-order valence-corrected chi connectivity index (χ0v) is 17.8. The van der Waals surface area contributed by atoms with Crippen LogP contribution < -0.4 is 4.74 Å². The minimum atomic E-state index is -0.543. The molecule has 1 heterocycles. The van der Waals surface area contributed by atoms with Crippen molar-refractivity contribution in [3.8, 4) is 11.6 Å². The van der Waals surface area contributed by atoms with Gasteiger partial charge in [-0.1, -0.05) is 35.3 Å². The van der Waals surface area contributed by atoms with Crippen LogP contribution in [0.5, 0.6) is 5.88 Å². The smallest absolute Gasteiger partial charge is 0.390 e. The van der Waals surface area contributed by atoms with Crippen LogP contribution in [0.25, 0.3) is 27.4 Å². The molecule has 0 radical (unpaired) electrons. The fraction of sp³-hybridized carbons (Fsp3) is 0.182. The number of rotatable bonds is 4. The summed E-state index contributed by atoms with van der Waals surface area (Å²) in [5, 5.41) is 7.52. The van der Waals surface area contributed by atoms with Crippen molar-refractivity contribution in [3.63, 3.8) is 0 Å². The molecule has 0 saturated heterocycles. The molecule has 0 bridgehead atoms. The Hall–Kier alpha value is -2.83. The van der Waals surface area contributed by atoms with Crippen LogP contribution in [0.3, 0.4) is 0 Å². The normalized spacial score (nSPS) is 11.2. The van der Waals surface area contributed by atoms with Gasteiger partial charge in [-0.3, -0.25) is 0 Å². The largest absolute Gasteiger partial charge is 0.416 e. The average Bonchev–Trinajstić information content (AvgIpc) is 3.09. The Morgan fingerprint density at radius 3 is 2.57 bits per heavy atom. The summed E-state index contributed by atoms with van der Waals surface area (Å²) in [6, 6.07) is 13.4. The molecule has 4 aromatic rings. The molecule has 4 rings (SSSR count). The molecule has 0 N–H and O–H groups in total. The lowest BCUT2D eigenvalue weighted by atomic mass is 10.1. The number of carbonyl (C=O) groups excluding carboxylic acids is 1. The van der Waals surface area contributed by atoms with Crippen LogP contribution in [0.15, 0.2) is 48.5 Å². The molecule has 8 heteroatoms.